The Morgan fingerprint density at radius 1 is 0.972 bits per heavy atom. The Labute approximate surface area is 202 Å². The number of amides is 1. The predicted octanol–water partition coefficient (Wildman–Crippen LogP) is 4.72. The van der Waals surface area contributed by atoms with E-state index in [2.05, 4.69) is 15.8 Å². The van der Waals surface area contributed by atoms with E-state index in [-0.39, 0.29) is 22.8 Å². The SMILES string of the molecule is Cc1c(C(=O)Nc2cccc([N+](=O)[O-])c2)oc2c1/C(=N/Nc1ccc([N+](=O)[O-])cc1[N+](=O)[O-])CCC2. The van der Waals surface area contributed by atoms with Gasteiger partial charge < -0.3 is 9.73 Å². The van der Waals surface area contributed by atoms with Crippen LogP contribution in [0.1, 0.15) is 40.3 Å². The van der Waals surface area contributed by atoms with Crippen LogP contribution in [-0.4, -0.2) is 26.4 Å². The van der Waals surface area contributed by atoms with Gasteiger partial charge in [0.15, 0.2) is 5.76 Å². The van der Waals surface area contributed by atoms with E-state index in [0.29, 0.717) is 41.9 Å². The Kier molecular flexibility index (Phi) is 6.41. The molecule has 1 heterocycles. The summed E-state index contributed by atoms with van der Waals surface area (Å²) in [5.41, 5.74) is 3.27. The number of furan rings is 1. The molecule has 0 aliphatic heterocycles. The van der Waals surface area contributed by atoms with Crippen LogP contribution in [-0.2, 0) is 6.42 Å². The number of hydrogen-bond donors (Lipinski definition) is 2. The predicted molar refractivity (Wildman–Crippen MR) is 127 cm³/mol. The molecule has 0 fully saturated rings. The molecule has 0 bridgehead atoms. The molecule has 1 aromatic heterocycles. The van der Waals surface area contributed by atoms with Crippen molar-refractivity contribution in [3.8, 4) is 0 Å². The summed E-state index contributed by atoms with van der Waals surface area (Å²) in [6.07, 6.45) is 1.68. The highest BCUT2D eigenvalue weighted by atomic mass is 16.6. The number of nitrogens with one attached hydrogen (secondary N) is 2. The van der Waals surface area contributed by atoms with Gasteiger partial charge in [-0.25, -0.2) is 0 Å². The molecule has 2 N–H and O–H groups in total. The Balaban J connectivity index is 1.62. The van der Waals surface area contributed by atoms with E-state index in [0.717, 1.165) is 12.1 Å². The normalized spacial score (nSPS) is 13.6. The smallest absolute Gasteiger partial charge is 0.301 e. The minimum absolute atomic E-state index is 0.0161. The van der Waals surface area contributed by atoms with Crippen molar-refractivity contribution in [2.45, 2.75) is 26.2 Å². The van der Waals surface area contributed by atoms with Gasteiger partial charge in [0.1, 0.15) is 11.4 Å². The van der Waals surface area contributed by atoms with E-state index >= 15 is 0 Å². The van der Waals surface area contributed by atoms with Gasteiger partial charge >= 0.3 is 5.69 Å². The van der Waals surface area contributed by atoms with Crippen molar-refractivity contribution in [1.29, 1.82) is 0 Å². The number of benzene rings is 2. The fourth-order valence-corrected chi connectivity index (χ4v) is 3.89. The lowest BCUT2D eigenvalue weighted by Crippen LogP contribution is -2.14. The van der Waals surface area contributed by atoms with Crippen LogP contribution in [0.25, 0.3) is 0 Å². The Hall–Kier alpha value is -5.14. The number of anilines is 2. The third kappa shape index (κ3) is 4.72. The summed E-state index contributed by atoms with van der Waals surface area (Å²) in [5.74, 6) is -0.0650. The number of aryl methyl sites for hydroxylation is 1. The van der Waals surface area contributed by atoms with Gasteiger partial charge in [0.25, 0.3) is 17.3 Å². The van der Waals surface area contributed by atoms with Crippen LogP contribution in [0.2, 0.25) is 0 Å². The molecule has 14 heteroatoms. The van der Waals surface area contributed by atoms with E-state index in [1.165, 1.54) is 30.3 Å². The minimum Gasteiger partial charge on any atom is -0.455 e. The molecule has 0 atom stereocenters. The maximum absolute atomic E-state index is 12.9. The highest BCUT2D eigenvalue weighted by molar-refractivity contribution is 6.09. The van der Waals surface area contributed by atoms with Gasteiger partial charge in [-0.2, -0.15) is 5.10 Å². The van der Waals surface area contributed by atoms with Crippen LogP contribution < -0.4 is 10.7 Å². The third-order valence-electron chi connectivity index (χ3n) is 5.55. The molecule has 184 valence electrons. The van der Waals surface area contributed by atoms with E-state index < -0.39 is 32.1 Å². The van der Waals surface area contributed by atoms with E-state index in [4.69, 9.17) is 4.42 Å². The van der Waals surface area contributed by atoms with Gasteiger partial charge in [-0.05, 0) is 31.9 Å². The van der Waals surface area contributed by atoms with Gasteiger partial charge in [0, 0.05) is 41.4 Å². The number of nitrogens with zero attached hydrogens (tertiary/aromatic N) is 4. The molecule has 0 radical (unpaired) electrons. The van der Waals surface area contributed by atoms with Crippen LogP contribution in [0.4, 0.5) is 28.4 Å². The average Bonchev–Trinajstić information content (AvgIpc) is 3.19. The molecule has 0 saturated heterocycles. The van der Waals surface area contributed by atoms with Crippen molar-refractivity contribution in [3.63, 3.8) is 0 Å². The topological polar surface area (TPSA) is 196 Å². The van der Waals surface area contributed by atoms with Crippen LogP contribution in [0.5, 0.6) is 0 Å². The van der Waals surface area contributed by atoms with Crippen molar-refractivity contribution < 1.29 is 24.0 Å². The summed E-state index contributed by atoms with van der Waals surface area (Å²) >= 11 is 0. The fourth-order valence-electron chi connectivity index (χ4n) is 3.89. The first kappa shape index (κ1) is 24.0. The Morgan fingerprint density at radius 2 is 1.69 bits per heavy atom. The summed E-state index contributed by atoms with van der Waals surface area (Å²) in [5, 5.41) is 40.2. The number of carbonyl (C=O) groups excluding carboxylic acids is 1. The zero-order valence-corrected chi connectivity index (χ0v) is 18.7. The molecule has 1 amide bonds. The molecule has 1 aliphatic rings. The minimum atomic E-state index is -0.749. The average molecular weight is 494 g/mol. The fraction of sp³-hybridized carbons (Fsp3) is 0.182. The highest BCUT2D eigenvalue weighted by Gasteiger charge is 2.28. The summed E-state index contributed by atoms with van der Waals surface area (Å²) in [6.45, 7) is 1.67. The van der Waals surface area contributed by atoms with Crippen LogP contribution in [0.15, 0.2) is 52.0 Å². The summed E-state index contributed by atoms with van der Waals surface area (Å²) in [7, 11) is 0. The molecular weight excluding hydrogens is 476 g/mol. The maximum atomic E-state index is 12.9. The Morgan fingerprint density at radius 3 is 2.39 bits per heavy atom. The third-order valence-corrected chi connectivity index (χ3v) is 5.55. The largest absolute Gasteiger partial charge is 0.455 e. The summed E-state index contributed by atoms with van der Waals surface area (Å²) in [4.78, 5) is 44.1. The molecule has 36 heavy (non-hydrogen) atoms. The van der Waals surface area contributed by atoms with E-state index in [1.54, 1.807) is 6.92 Å². The number of carbonyl (C=O) groups is 1. The molecule has 0 saturated carbocycles. The van der Waals surface area contributed by atoms with Gasteiger partial charge in [-0.3, -0.25) is 40.6 Å². The maximum Gasteiger partial charge on any atom is 0.301 e. The number of non-ortho nitro benzene ring substituents is 2. The second kappa shape index (κ2) is 9.61. The van der Waals surface area contributed by atoms with Gasteiger partial charge in [-0.15, -0.1) is 0 Å². The second-order valence-electron chi connectivity index (χ2n) is 7.86. The Bertz CT molecular complexity index is 1440. The molecule has 0 spiro atoms. The number of fused-ring (bicyclic) bond motifs is 1. The summed E-state index contributed by atoms with van der Waals surface area (Å²) in [6, 6.07) is 8.65. The lowest BCUT2D eigenvalue weighted by atomic mass is 9.93. The van der Waals surface area contributed by atoms with Crippen LogP contribution >= 0.6 is 0 Å². The van der Waals surface area contributed by atoms with Crippen molar-refractivity contribution in [2.75, 3.05) is 10.7 Å². The molecule has 3 aromatic rings. The standard InChI is InChI=1S/C22H18N6O8/c1-12-20-17(25-24-16-9-8-15(27(32)33)11-18(16)28(34)35)6-3-7-19(20)36-21(12)22(29)23-13-4-2-5-14(10-13)26(30)31/h2,4-5,8-11,24H,3,6-7H2,1H3,(H,23,29)/b25-17+. The molecule has 14 nitrogen and oxygen atoms in total. The number of hydrogen-bond acceptors (Lipinski definition) is 10. The second-order valence-corrected chi connectivity index (χ2v) is 7.86. The van der Waals surface area contributed by atoms with Crippen LogP contribution in [0, 0.1) is 37.3 Å². The number of rotatable bonds is 7. The number of nitro groups is 3. The lowest BCUT2D eigenvalue weighted by Gasteiger charge is -2.13. The van der Waals surface area contributed by atoms with Gasteiger partial charge in [-0.1, -0.05) is 6.07 Å². The number of nitro benzene ring substituents is 3. The monoisotopic (exact) mass is 494 g/mol. The van der Waals surface area contributed by atoms with E-state index in [1.807, 2.05) is 0 Å². The quantitative estimate of drug-likeness (QED) is 0.345. The van der Waals surface area contributed by atoms with Gasteiger partial charge in [0.2, 0.25) is 0 Å². The number of hydrazone groups is 1. The zero-order valence-electron chi connectivity index (χ0n) is 18.7. The molecule has 2 aromatic carbocycles. The molecular formula is C22H18N6O8. The molecule has 0 unspecified atom stereocenters. The first-order valence-electron chi connectivity index (χ1n) is 10.6. The molecule has 4 rings (SSSR count). The first-order valence-corrected chi connectivity index (χ1v) is 10.6. The summed E-state index contributed by atoms with van der Waals surface area (Å²) < 4.78 is 5.80. The highest BCUT2D eigenvalue weighted by Crippen LogP contribution is 2.32. The van der Waals surface area contributed by atoms with E-state index in [9.17, 15) is 35.1 Å². The molecule has 1 aliphatic carbocycles. The van der Waals surface area contributed by atoms with Crippen molar-refractivity contribution in [2.24, 2.45) is 5.10 Å². The van der Waals surface area contributed by atoms with Crippen molar-refractivity contribution in [3.05, 3.63) is 95.5 Å². The zero-order chi connectivity index (χ0) is 26.0. The lowest BCUT2D eigenvalue weighted by molar-refractivity contribution is -0.393. The van der Waals surface area contributed by atoms with Crippen molar-refractivity contribution in [1.82, 2.24) is 0 Å². The van der Waals surface area contributed by atoms with Crippen molar-refractivity contribution >= 4 is 40.1 Å². The van der Waals surface area contributed by atoms with Gasteiger partial charge in [0.05, 0.1) is 26.5 Å². The first-order chi connectivity index (χ1) is 17.2. The van der Waals surface area contributed by atoms with Crippen LogP contribution in [0.3, 0.4) is 0 Å².